The van der Waals surface area contributed by atoms with Crippen molar-refractivity contribution in [3.8, 4) is 0 Å². The average Bonchev–Trinajstić information content (AvgIpc) is 2.60. The van der Waals surface area contributed by atoms with Crippen molar-refractivity contribution in [3.63, 3.8) is 0 Å². The first-order chi connectivity index (χ1) is 6.65. The smallest absolute Gasteiger partial charge is 0.252 e. The van der Waals surface area contributed by atoms with E-state index in [0.29, 0.717) is 18.5 Å². The number of carbonyl (C=O) groups is 1. The zero-order chi connectivity index (χ0) is 10.6. The summed E-state index contributed by atoms with van der Waals surface area (Å²) in [7, 11) is 0. The minimum atomic E-state index is -0.446. The Labute approximate surface area is 87.8 Å². The molecule has 14 heavy (non-hydrogen) atoms. The van der Waals surface area contributed by atoms with Crippen molar-refractivity contribution in [2.45, 2.75) is 26.4 Å². The zero-order valence-electron chi connectivity index (χ0n) is 8.41. The monoisotopic (exact) mass is 213 g/mol. The molecule has 1 aromatic rings. The van der Waals surface area contributed by atoms with Crippen LogP contribution in [0, 0.1) is 6.92 Å². The lowest BCUT2D eigenvalue weighted by Gasteiger charge is -2.08. The second kappa shape index (κ2) is 5.12. The van der Waals surface area contributed by atoms with Gasteiger partial charge in [-0.25, -0.2) is 0 Å². The summed E-state index contributed by atoms with van der Waals surface area (Å²) in [6.07, 6.45) is 0.209. The van der Waals surface area contributed by atoms with Gasteiger partial charge in [0.25, 0.3) is 5.91 Å². The molecule has 0 aliphatic rings. The van der Waals surface area contributed by atoms with Gasteiger partial charge in [-0.15, -0.1) is 0 Å². The summed E-state index contributed by atoms with van der Waals surface area (Å²) in [4.78, 5) is 11.5. The fraction of sp³-hybridized carbons (Fsp3) is 0.500. The lowest BCUT2D eigenvalue weighted by molar-refractivity contribution is 0.0914. The molecule has 78 valence electrons. The molecule has 0 aliphatic carbocycles. The Morgan fingerprint density at radius 2 is 2.36 bits per heavy atom. The van der Waals surface area contributed by atoms with Gasteiger partial charge < -0.3 is 10.4 Å². The summed E-state index contributed by atoms with van der Waals surface area (Å²) in [6, 6.07) is 0. The van der Waals surface area contributed by atoms with Gasteiger partial charge in [0.05, 0.1) is 11.7 Å². The summed E-state index contributed by atoms with van der Waals surface area (Å²) in [5.74, 6) is -0.101. The summed E-state index contributed by atoms with van der Waals surface area (Å²) in [5.41, 5.74) is 1.69. The minimum Gasteiger partial charge on any atom is -0.391 e. The SMILES string of the molecule is CCC(O)CNC(=O)c1cscc1C. The summed E-state index contributed by atoms with van der Waals surface area (Å²) in [6.45, 7) is 4.11. The number of amides is 1. The van der Waals surface area contributed by atoms with E-state index in [0.717, 1.165) is 5.56 Å². The fourth-order valence-corrected chi connectivity index (χ4v) is 1.87. The van der Waals surface area contributed by atoms with Crippen LogP contribution >= 0.6 is 11.3 Å². The second-order valence-corrected chi connectivity index (χ2v) is 3.98. The van der Waals surface area contributed by atoms with Crippen molar-refractivity contribution >= 4 is 17.2 Å². The van der Waals surface area contributed by atoms with Crippen LogP contribution in [0.3, 0.4) is 0 Å². The van der Waals surface area contributed by atoms with E-state index >= 15 is 0 Å². The highest BCUT2D eigenvalue weighted by Gasteiger charge is 2.10. The number of hydrogen-bond acceptors (Lipinski definition) is 3. The highest BCUT2D eigenvalue weighted by molar-refractivity contribution is 7.08. The Kier molecular flexibility index (Phi) is 4.10. The number of aryl methyl sites for hydroxylation is 1. The van der Waals surface area contributed by atoms with Crippen LogP contribution in [-0.4, -0.2) is 23.7 Å². The number of aliphatic hydroxyl groups is 1. The van der Waals surface area contributed by atoms with E-state index in [4.69, 9.17) is 0 Å². The van der Waals surface area contributed by atoms with Gasteiger partial charge in [-0.2, -0.15) is 11.3 Å². The normalized spacial score (nSPS) is 12.5. The number of thiophene rings is 1. The van der Waals surface area contributed by atoms with Crippen LogP contribution in [0.15, 0.2) is 10.8 Å². The molecule has 0 aliphatic heterocycles. The molecule has 0 aromatic carbocycles. The number of aliphatic hydroxyl groups excluding tert-OH is 1. The topological polar surface area (TPSA) is 49.3 Å². The molecular formula is C10H15NO2S. The van der Waals surface area contributed by atoms with Crippen molar-refractivity contribution < 1.29 is 9.90 Å². The standard InChI is InChI=1S/C10H15NO2S/c1-3-8(12)4-11-10(13)9-6-14-5-7(9)2/h5-6,8,12H,3-4H2,1-2H3,(H,11,13). The molecule has 1 unspecified atom stereocenters. The molecule has 1 atom stereocenters. The van der Waals surface area contributed by atoms with E-state index in [9.17, 15) is 9.90 Å². The first-order valence-electron chi connectivity index (χ1n) is 4.64. The molecule has 0 bridgehead atoms. The van der Waals surface area contributed by atoms with Gasteiger partial charge in [0.2, 0.25) is 0 Å². The summed E-state index contributed by atoms with van der Waals surface area (Å²) in [5, 5.41) is 15.7. The van der Waals surface area contributed by atoms with E-state index in [1.54, 1.807) is 0 Å². The summed E-state index contributed by atoms with van der Waals surface area (Å²) < 4.78 is 0. The molecule has 0 saturated heterocycles. The second-order valence-electron chi connectivity index (χ2n) is 3.24. The lowest BCUT2D eigenvalue weighted by atomic mass is 10.2. The third-order valence-corrected chi connectivity index (χ3v) is 2.93. The number of rotatable bonds is 4. The molecule has 0 fully saturated rings. The number of carbonyl (C=O) groups excluding carboxylic acids is 1. The Morgan fingerprint density at radius 1 is 1.64 bits per heavy atom. The Morgan fingerprint density at radius 3 is 2.86 bits per heavy atom. The van der Waals surface area contributed by atoms with Crippen LogP contribution in [0.5, 0.6) is 0 Å². The van der Waals surface area contributed by atoms with Gasteiger partial charge in [-0.3, -0.25) is 4.79 Å². The van der Waals surface area contributed by atoms with Crippen LogP contribution in [0.25, 0.3) is 0 Å². The van der Waals surface area contributed by atoms with Crippen LogP contribution < -0.4 is 5.32 Å². The van der Waals surface area contributed by atoms with Crippen molar-refractivity contribution in [2.24, 2.45) is 0 Å². The third-order valence-electron chi connectivity index (χ3n) is 2.07. The van der Waals surface area contributed by atoms with Crippen molar-refractivity contribution in [1.29, 1.82) is 0 Å². The predicted octanol–water partition coefficient (Wildman–Crippen LogP) is 1.56. The van der Waals surface area contributed by atoms with Crippen LogP contribution in [0.1, 0.15) is 29.3 Å². The van der Waals surface area contributed by atoms with Crippen molar-refractivity contribution in [2.75, 3.05) is 6.54 Å². The van der Waals surface area contributed by atoms with Crippen LogP contribution in [-0.2, 0) is 0 Å². The van der Waals surface area contributed by atoms with Gasteiger partial charge in [-0.1, -0.05) is 6.92 Å². The maximum absolute atomic E-state index is 11.5. The summed E-state index contributed by atoms with van der Waals surface area (Å²) >= 11 is 1.51. The number of nitrogens with one attached hydrogen (secondary N) is 1. The first kappa shape index (κ1) is 11.2. The highest BCUT2D eigenvalue weighted by atomic mass is 32.1. The van der Waals surface area contributed by atoms with Gasteiger partial charge in [-0.05, 0) is 24.3 Å². The van der Waals surface area contributed by atoms with Crippen LogP contribution in [0.4, 0.5) is 0 Å². The highest BCUT2D eigenvalue weighted by Crippen LogP contribution is 2.13. The Hall–Kier alpha value is -0.870. The van der Waals surface area contributed by atoms with Gasteiger partial charge in [0.15, 0.2) is 0 Å². The maximum Gasteiger partial charge on any atom is 0.252 e. The molecule has 2 N–H and O–H groups in total. The Bertz CT molecular complexity index is 309. The minimum absolute atomic E-state index is 0.101. The molecular weight excluding hydrogens is 198 g/mol. The molecule has 1 rings (SSSR count). The molecule has 0 spiro atoms. The average molecular weight is 213 g/mol. The molecule has 0 saturated carbocycles. The van der Waals surface area contributed by atoms with Gasteiger partial charge in [0, 0.05) is 11.9 Å². The quantitative estimate of drug-likeness (QED) is 0.797. The molecule has 1 aromatic heterocycles. The number of hydrogen-bond donors (Lipinski definition) is 2. The fourth-order valence-electron chi connectivity index (χ4n) is 1.04. The van der Waals surface area contributed by atoms with E-state index in [1.807, 2.05) is 24.6 Å². The molecule has 1 heterocycles. The Balaban J connectivity index is 2.47. The van der Waals surface area contributed by atoms with Crippen molar-refractivity contribution in [3.05, 3.63) is 21.9 Å². The molecule has 4 heteroatoms. The van der Waals surface area contributed by atoms with E-state index in [2.05, 4.69) is 5.32 Å². The third kappa shape index (κ3) is 2.82. The zero-order valence-corrected chi connectivity index (χ0v) is 9.23. The van der Waals surface area contributed by atoms with Crippen molar-refractivity contribution in [1.82, 2.24) is 5.32 Å². The lowest BCUT2D eigenvalue weighted by Crippen LogP contribution is -2.31. The molecule has 1 amide bonds. The van der Waals surface area contributed by atoms with E-state index in [1.165, 1.54) is 11.3 Å². The first-order valence-corrected chi connectivity index (χ1v) is 5.58. The molecule has 0 radical (unpaired) electrons. The van der Waals surface area contributed by atoms with Gasteiger partial charge in [0.1, 0.15) is 0 Å². The molecule has 3 nitrogen and oxygen atoms in total. The predicted molar refractivity (Wildman–Crippen MR) is 57.7 cm³/mol. The van der Waals surface area contributed by atoms with Crippen LogP contribution in [0.2, 0.25) is 0 Å². The largest absolute Gasteiger partial charge is 0.391 e. The van der Waals surface area contributed by atoms with E-state index in [-0.39, 0.29) is 5.91 Å². The van der Waals surface area contributed by atoms with Gasteiger partial charge >= 0.3 is 0 Å². The maximum atomic E-state index is 11.5. The van der Waals surface area contributed by atoms with E-state index < -0.39 is 6.10 Å².